The maximum atomic E-state index is 4.92. The van der Waals surface area contributed by atoms with E-state index in [1.807, 2.05) is 66.7 Å². The Balaban J connectivity index is 1.24. The Morgan fingerprint density at radius 2 is 1.20 bits per heavy atom. The van der Waals surface area contributed by atoms with Crippen LogP contribution in [0, 0.1) is 5.41 Å². The average Bonchev–Trinajstić information content (AvgIpc) is 3.35. The molecule has 0 fully saturated rings. The summed E-state index contributed by atoms with van der Waals surface area (Å²) in [6.45, 7) is 10.6. The fourth-order valence-electron chi connectivity index (χ4n) is 6.14. The van der Waals surface area contributed by atoms with Crippen molar-refractivity contribution in [2.45, 2.75) is 33.6 Å². The number of hydrogen-bond donors (Lipinski definition) is 0. The monoisotopic (exact) mass is 597 g/mol. The normalized spacial score (nSPS) is 15.8. The van der Waals surface area contributed by atoms with Gasteiger partial charge in [-0.2, -0.15) is 0 Å². The lowest BCUT2D eigenvalue weighted by molar-refractivity contribution is 0.605. The Morgan fingerprint density at radius 3 is 1.80 bits per heavy atom. The predicted molar refractivity (Wildman–Crippen MR) is 194 cm³/mol. The van der Waals surface area contributed by atoms with Gasteiger partial charge in [-0.25, -0.2) is 15.0 Å². The number of hydrogen-bond acceptors (Lipinski definition) is 3. The van der Waals surface area contributed by atoms with E-state index in [-0.39, 0.29) is 5.41 Å². The van der Waals surface area contributed by atoms with Crippen molar-refractivity contribution in [3.05, 3.63) is 168 Å². The Hall–Kier alpha value is -5.41. The Bertz CT molecular complexity index is 1920. The van der Waals surface area contributed by atoms with E-state index in [0.29, 0.717) is 17.5 Å². The van der Waals surface area contributed by atoms with Crippen LogP contribution in [0.2, 0.25) is 0 Å². The molecule has 0 N–H and O–H groups in total. The van der Waals surface area contributed by atoms with E-state index in [1.165, 1.54) is 22.3 Å². The first-order chi connectivity index (χ1) is 22.4. The molecular formula is C43H39N3. The summed E-state index contributed by atoms with van der Waals surface area (Å²) in [6, 6.07) is 37.3. The van der Waals surface area contributed by atoms with Gasteiger partial charge < -0.3 is 0 Å². The zero-order chi connectivity index (χ0) is 31.9. The van der Waals surface area contributed by atoms with Gasteiger partial charge in [0.2, 0.25) is 0 Å². The molecule has 0 radical (unpaired) electrons. The van der Waals surface area contributed by atoms with Gasteiger partial charge in [-0.1, -0.05) is 154 Å². The highest BCUT2D eigenvalue weighted by molar-refractivity contribution is 5.74. The van der Waals surface area contributed by atoms with Gasteiger partial charge in [0.05, 0.1) is 0 Å². The molecule has 0 bridgehead atoms. The lowest BCUT2D eigenvalue weighted by Gasteiger charge is -2.18. The third-order valence-electron chi connectivity index (χ3n) is 8.37. The molecule has 6 rings (SSSR count). The van der Waals surface area contributed by atoms with E-state index < -0.39 is 0 Å². The van der Waals surface area contributed by atoms with Crippen LogP contribution in [-0.4, -0.2) is 15.0 Å². The van der Waals surface area contributed by atoms with Gasteiger partial charge in [-0.05, 0) is 65.3 Å². The quantitative estimate of drug-likeness (QED) is 0.170. The highest BCUT2D eigenvalue weighted by Crippen LogP contribution is 2.45. The summed E-state index contributed by atoms with van der Waals surface area (Å²) in [5, 5.41) is 0. The van der Waals surface area contributed by atoms with Gasteiger partial charge in [0, 0.05) is 22.1 Å². The van der Waals surface area contributed by atoms with Crippen LogP contribution in [0.15, 0.2) is 163 Å². The fourth-order valence-corrected chi connectivity index (χ4v) is 6.14. The van der Waals surface area contributed by atoms with E-state index in [1.54, 1.807) is 0 Å². The molecular weight excluding hydrogens is 558 g/mol. The summed E-state index contributed by atoms with van der Waals surface area (Å²) in [5.41, 5.74) is 10.5. The van der Waals surface area contributed by atoms with E-state index in [0.717, 1.165) is 40.7 Å². The summed E-state index contributed by atoms with van der Waals surface area (Å²) >= 11 is 0. The molecule has 226 valence electrons. The smallest absolute Gasteiger partial charge is 0.164 e. The van der Waals surface area contributed by atoms with Crippen molar-refractivity contribution >= 4 is 6.08 Å². The molecule has 46 heavy (non-hydrogen) atoms. The van der Waals surface area contributed by atoms with Crippen LogP contribution in [-0.2, 0) is 0 Å². The minimum Gasteiger partial charge on any atom is -0.208 e. The van der Waals surface area contributed by atoms with E-state index in [9.17, 15) is 0 Å². The number of aromatic nitrogens is 3. The first kappa shape index (κ1) is 30.6. The van der Waals surface area contributed by atoms with Gasteiger partial charge in [0.15, 0.2) is 17.5 Å². The molecule has 1 aliphatic carbocycles. The minimum atomic E-state index is 0.0332. The summed E-state index contributed by atoms with van der Waals surface area (Å²) < 4.78 is 0. The lowest BCUT2D eigenvalue weighted by atomic mass is 9.85. The third-order valence-corrected chi connectivity index (χ3v) is 8.37. The Labute approximate surface area is 273 Å². The molecule has 0 amide bonds. The van der Waals surface area contributed by atoms with Crippen LogP contribution < -0.4 is 0 Å². The molecule has 0 unspecified atom stereocenters. The zero-order valence-corrected chi connectivity index (χ0v) is 26.8. The molecule has 0 spiro atoms. The SMILES string of the molecule is C=CC=C1/C(=C\C)C(CC/C=C/c2cccc(-c3cccc(-c4nc(-c5ccccc5)nc(-c5ccccc5)n4)c3)c2)=CC1(C)C. The maximum absolute atomic E-state index is 4.92. The highest BCUT2D eigenvalue weighted by Gasteiger charge is 2.31. The molecule has 1 heterocycles. The topological polar surface area (TPSA) is 38.7 Å². The zero-order valence-electron chi connectivity index (χ0n) is 26.8. The molecule has 0 saturated heterocycles. The van der Waals surface area contributed by atoms with E-state index in [4.69, 9.17) is 15.0 Å². The molecule has 1 aromatic heterocycles. The minimum absolute atomic E-state index is 0.0332. The molecule has 0 atom stereocenters. The fraction of sp³-hybridized carbons (Fsp3) is 0.140. The van der Waals surface area contributed by atoms with Crippen molar-refractivity contribution in [2.24, 2.45) is 5.41 Å². The molecule has 3 nitrogen and oxygen atoms in total. The van der Waals surface area contributed by atoms with Crippen LogP contribution in [0.25, 0.3) is 51.4 Å². The van der Waals surface area contributed by atoms with Gasteiger partial charge >= 0.3 is 0 Å². The Kier molecular flexibility index (Phi) is 9.12. The Morgan fingerprint density at radius 1 is 0.652 bits per heavy atom. The standard InChI is InChI=1S/C43H39N3/c1-5-17-39-38(6-2)37(30-43(39,3)4)24-14-13-18-31-19-15-25-34(28-31)35-26-16-27-36(29-35)42-45-40(32-20-9-7-10-21-32)44-41(46-42)33-22-11-8-12-23-33/h5-13,15-23,25-30H,1,14,24H2,2-4H3/b18-13+,38-6-,39-17?. The molecule has 3 heteroatoms. The van der Waals surface area contributed by atoms with Crippen LogP contribution in [0.3, 0.4) is 0 Å². The second kappa shape index (κ2) is 13.7. The van der Waals surface area contributed by atoms with Gasteiger partial charge in [0.1, 0.15) is 0 Å². The summed E-state index contributed by atoms with van der Waals surface area (Å²) in [4.78, 5) is 14.7. The highest BCUT2D eigenvalue weighted by atomic mass is 15.0. The second-order valence-corrected chi connectivity index (χ2v) is 12.1. The lowest BCUT2D eigenvalue weighted by Crippen LogP contribution is -2.06. The second-order valence-electron chi connectivity index (χ2n) is 12.1. The van der Waals surface area contributed by atoms with Crippen molar-refractivity contribution in [2.75, 3.05) is 0 Å². The van der Waals surface area contributed by atoms with Crippen LogP contribution in [0.1, 0.15) is 39.2 Å². The van der Waals surface area contributed by atoms with Crippen molar-refractivity contribution in [1.82, 2.24) is 15.0 Å². The summed E-state index contributed by atoms with van der Waals surface area (Å²) in [5.74, 6) is 1.98. The van der Waals surface area contributed by atoms with E-state index >= 15 is 0 Å². The number of allylic oxidation sites excluding steroid dienone is 8. The molecule has 0 aliphatic heterocycles. The largest absolute Gasteiger partial charge is 0.208 e. The number of benzene rings is 4. The third kappa shape index (κ3) is 6.79. The van der Waals surface area contributed by atoms with Crippen molar-refractivity contribution in [3.8, 4) is 45.3 Å². The summed E-state index contributed by atoms with van der Waals surface area (Å²) in [7, 11) is 0. The molecule has 1 aliphatic rings. The maximum Gasteiger partial charge on any atom is 0.164 e. The first-order valence-corrected chi connectivity index (χ1v) is 15.9. The van der Waals surface area contributed by atoms with Gasteiger partial charge in [-0.3, -0.25) is 0 Å². The van der Waals surface area contributed by atoms with Gasteiger partial charge in [-0.15, -0.1) is 0 Å². The van der Waals surface area contributed by atoms with Crippen molar-refractivity contribution in [1.29, 1.82) is 0 Å². The van der Waals surface area contributed by atoms with Crippen LogP contribution in [0.4, 0.5) is 0 Å². The van der Waals surface area contributed by atoms with Crippen molar-refractivity contribution < 1.29 is 0 Å². The van der Waals surface area contributed by atoms with Gasteiger partial charge in [0.25, 0.3) is 0 Å². The molecule has 4 aromatic carbocycles. The molecule has 5 aromatic rings. The van der Waals surface area contributed by atoms with Crippen LogP contribution in [0.5, 0.6) is 0 Å². The van der Waals surface area contributed by atoms with Crippen molar-refractivity contribution in [3.63, 3.8) is 0 Å². The average molecular weight is 598 g/mol. The first-order valence-electron chi connectivity index (χ1n) is 15.9. The van der Waals surface area contributed by atoms with E-state index in [2.05, 4.69) is 106 Å². The predicted octanol–water partition coefficient (Wildman–Crippen LogP) is 11.4. The number of nitrogens with zero attached hydrogens (tertiary/aromatic N) is 3. The summed E-state index contributed by atoms with van der Waals surface area (Å²) in [6.07, 6.45) is 15.2. The molecule has 0 saturated carbocycles. The van der Waals surface area contributed by atoms with Crippen LogP contribution >= 0.6 is 0 Å². The number of rotatable bonds is 9.